The molecule has 3 nitrogen and oxygen atoms in total. The summed E-state index contributed by atoms with van der Waals surface area (Å²) in [5.41, 5.74) is 0. The third-order valence-corrected chi connectivity index (χ3v) is 11.1. The molecule has 0 rings (SSSR count). The number of aliphatic carboxylic acids is 1. The second-order valence-corrected chi connectivity index (χ2v) is 16.1. The van der Waals surface area contributed by atoms with Gasteiger partial charge < -0.3 is 14.8 Å². The minimum absolute atomic E-state index is 0. The van der Waals surface area contributed by atoms with Crippen LogP contribution in [0, 0.1) is 0 Å². The molecule has 0 bridgehead atoms. The topological polar surface area (TPSA) is 43.4 Å². The Balaban J connectivity index is 0. The van der Waals surface area contributed by atoms with Crippen molar-refractivity contribution in [2.75, 3.05) is 13.1 Å². The summed E-state index contributed by atoms with van der Waals surface area (Å²) in [5.74, 6) is -0.876. The zero-order valence-corrected chi connectivity index (χ0v) is 35.3. The predicted molar refractivity (Wildman–Crippen MR) is 217 cm³/mol. The smallest absolute Gasteiger partial charge is 0.550 e. The maximum atomic E-state index is 11.5. The molecule has 294 valence electrons. The van der Waals surface area contributed by atoms with Crippen LogP contribution in [-0.4, -0.2) is 30.0 Å². The SMILES string of the molecule is CCCCCCCCCCCCCCCCCCCCN(CCCCCCCCCCCCCCCCCCCC)C(CCC)CC(=O)[O-].[Li+]. The Hall–Kier alpha value is 0.0274. The summed E-state index contributed by atoms with van der Waals surface area (Å²) in [7, 11) is 0. The van der Waals surface area contributed by atoms with Crippen LogP contribution in [0.15, 0.2) is 0 Å². The monoisotopic (exact) mass is 698 g/mol. The van der Waals surface area contributed by atoms with Crippen molar-refractivity contribution in [2.24, 2.45) is 0 Å². The Morgan fingerprint density at radius 2 is 0.600 bits per heavy atom. The average molecular weight is 698 g/mol. The van der Waals surface area contributed by atoms with Gasteiger partial charge in [0.2, 0.25) is 0 Å². The number of carboxylic acids is 1. The van der Waals surface area contributed by atoms with E-state index in [0.717, 1.165) is 25.9 Å². The van der Waals surface area contributed by atoms with Crippen LogP contribution in [0.3, 0.4) is 0 Å². The summed E-state index contributed by atoms with van der Waals surface area (Å²) >= 11 is 0. The molecule has 0 saturated heterocycles. The zero-order chi connectivity index (χ0) is 35.7. The van der Waals surface area contributed by atoms with Crippen molar-refractivity contribution in [1.82, 2.24) is 4.90 Å². The maximum Gasteiger partial charge on any atom is 1.00 e. The van der Waals surface area contributed by atoms with Gasteiger partial charge in [-0.15, -0.1) is 0 Å². The predicted octanol–water partition coefficient (Wildman–Crippen LogP) is 11.7. The van der Waals surface area contributed by atoms with E-state index >= 15 is 0 Å². The van der Waals surface area contributed by atoms with E-state index in [1.807, 2.05) is 0 Å². The van der Waals surface area contributed by atoms with E-state index in [4.69, 9.17) is 0 Å². The Morgan fingerprint density at radius 3 is 0.800 bits per heavy atom. The van der Waals surface area contributed by atoms with Crippen molar-refractivity contribution in [2.45, 2.75) is 277 Å². The molecule has 0 aliphatic heterocycles. The van der Waals surface area contributed by atoms with Gasteiger partial charge in [-0.3, -0.25) is 0 Å². The van der Waals surface area contributed by atoms with Crippen LogP contribution >= 0.6 is 0 Å². The van der Waals surface area contributed by atoms with Crippen molar-refractivity contribution >= 4 is 5.97 Å². The maximum absolute atomic E-state index is 11.5. The van der Waals surface area contributed by atoms with Gasteiger partial charge in [0.1, 0.15) is 0 Å². The molecule has 0 aliphatic carbocycles. The zero-order valence-electron chi connectivity index (χ0n) is 35.3. The van der Waals surface area contributed by atoms with Crippen molar-refractivity contribution in [3.63, 3.8) is 0 Å². The molecule has 0 amide bonds. The number of hydrogen-bond donors (Lipinski definition) is 0. The first kappa shape index (κ1) is 52.1. The fourth-order valence-electron chi connectivity index (χ4n) is 7.85. The number of unbranched alkanes of at least 4 members (excludes halogenated alkanes) is 34. The third kappa shape index (κ3) is 40.8. The van der Waals surface area contributed by atoms with Gasteiger partial charge in [-0.1, -0.05) is 245 Å². The Kier molecular flexibility index (Phi) is 47.1. The van der Waals surface area contributed by atoms with Crippen LogP contribution in [0.4, 0.5) is 0 Å². The number of hydrogen-bond acceptors (Lipinski definition) is 3. The molecule has 0 heterocycles. The first-order valence-electron chi connectivity index (χ1n) is 23.1. The molecule has 0 aromatic rings. The van der Waals surface area contributed by atoms with Crippen LogP contribution < -0.4 is 24.0 Å². The van der Waals surface area contributed by atoms with E-state index in [-0.39, 0.29) is 31.3 Å². The summed E-state index contributed by atoms with van der Waals surface area (Å²) in [6.07, 6.45) is 52.7. The van der Waals surface area contributed by atoms with Crippen molar-refractivity contribution in [3.05, 3.63) is 0 Å². The molecule has 0 N–H and O–H groups in total. The molecule has 4 heteroatoms. The molecule has 0 spiro atoms. The van der Waals surface area contributed by atoms with E-state index in [0.29, 0.717) is 0 Å². The first-order chi connectivity index (χ1) is 24.2. The van der Waals surface area contributed by atoms with Gasteiger partial charge >= 0.3 is 18.9 Å². The van der Waals surface area contributed by atoms with Crippen molar-refractivity contribution in [1.29, 1.82) is 0 Å². The Labute approximate surface area is 328 Å². The van der Waals surface area contributed by atoms with Crippen molar-refractivity contribution < 1.29 is 28.8 Å². The normalized spacial score (nSPS) is 12.1. The van der Waals surface area contributed by atoms with Gasteiger partial charge in [0.25, 0.3) is 0 Å². The largest absolute Gasteiger partial charge is 1.00 e. The molecule has 0 radical (unpaired) electrons. The molecule has 1 unspecified atom stereocenters. The average Bonchev–Trinajstić information content (AvgIpc) is 3.09. The number of rotatable bonds is 43. The van der Waals surface area contributed by atoms with Crippen LogP contribution in [-0.2, 0) is 4.79 Å². The molecular formula is C46H92LiNO2. The van der Waals surface area contributed by atoms with E-state index in [1.165, 1.54) is 231 Å². The molecule has 1 atom stereocenters. The van der Waals surface area contributed by atoms with E-state index < -0.39 is 5.97 Å². The van der Waals surface area contributed by atoms with Gasteiger partial charge in [0.15, 0.2) is 0 Å². The summed E-state index contributed by atoms with van der Waals surface area (Å²) in [6.45, 7) is 8.91. The standard InChI is InChI=1S/C46H93NO2.Li/c1-4-7-9-11-13-15-17-19-21-23-25-27-29-31-33-35-37-39-42-47(45(41-6-3)44-46(48)49)43-40-38-36-34-32-30-28-26-24-22-20-18-16-14-12-10-8-5-2;/h45H,4-44H2,1-3H3,(H,48,49);/q;+1/p-1. The number of carbonyl (C=O) groups is 1. The first-order valence-corrected chi connectivity index (χ1v) is 23.1. The minimum atomic E-state index is -0.876. The summed E-state index contributed by atoms with van der Waals surface area (Å²) in [6, 6.07) is 0.159. The Morgan fingerprint density at radius 1 is 0.380 bits per heavy atom. The van der Waals surface area contributed by atoms with E-state index in [9.17, 15) is 9.90 Å². The van der Waals surface area contributed by atoms with Crippen molar-refractivity contribution in [3.8, 4) is 0 Å². The molecule has 0 aromatic heterocycles. The van der Waals surface area contributed by atoms with Gasteiger partial charge in [0.05, 0.1) is 0 Å². The van der Waals surface area contributed by atoms with E-state index in [1.54, 1.807) is 0 Å². The fraction of sp³-hybridized carbons (Fsp3) is 0.978. The molecule has 0 aliphatic rings. The number of carbonyl (C=O) groups excluding carboxylic acids is 1. The van der Waals surface area contributed by atoms with Gasteiger partial charge in [-0.05, 0) is 32.4 Å². The van der Waals surface area contributed by atoms with Gasteiger partial charge in [0, 0.05) is 18.4 Å². The van der Waals surface area contributed by atoms with Gasteiger partial charge in [-0.2, -0.15) is 0 Å². The van der Waals surface area contributed by atoms with Gasteiger partial charge in [-0.25, -0.2) is 0 Å². The number of carboxylic acid groups (broad SMARTS) is 1. The summed E-state index contributed by atoms with van der Waals surface area (Å²) in [5, 5.41) is 11.5. The van der Waals surface area contributed by atoms with Crippen LogP contribution in [0.2, 0.25) is 0 Å². The summed E-state index contributed by atoms with van der Waals surface area (Å²) in [4.78, 5) is 14.1. The second kappa shape index (κ2) is 45.2. The third-order valence-electron chi connectivity index (χ3n) is 11.1. The Bertz CT molecular complexity index is 589. The fourth-order valence-corrected chi connectivity index (χ4v) is 7.85. The second-order valence-electron chi connectivity index (χ2n) is 16.1. The van der Waals surface area contributed by atoms with E-state index in [2.05, 4.69) is 25.7 Å². The molecular weight excluding hydrogens is 605 g/mol. The summed E-state index contributed by atoms with van der Waals surface area (Å²) < 4.78 is 0. The van der Waals surface area contributed by atoms with Crippen LogP contribution in [0.5, 0.6) is 0 Å². The van der Waals surface area contributed by atoms with Crippen LogP contribution in [0.1, 0.15) is 271 Å². The molecule has 0 saturated carbocycles. The van der Waals surface area contributed by atoms with Crippen LogP contribution in [0.25, 0.3) is 0 Å². The molecule has 0 fully saturated rings. The molecule has 50 heavy (non-hydrogen) atoms. The number of nitrogens with zero attached hydrogens (tertiary/aromatic N) is 1. The minimum Gasteiger partial charge on any atom is -0.550 e. The molecule has 0 aromatic carbocycles. The quantitative estimate of drug-likeness (QED) is 0.0470.